The summed E-state index contributed by atoms with van der Waals surface area (Å²) in [6.45, 7) is 0.425. The highest BCUT2D eigenvalue weighted by atomic mass is 79.9. The number of carbonyl (C=O) groups excluding carboxylic acids is 2. The topological polar surface area (TPSA) is 92.9 Å². The Hall–Kier alpha value is -1.51. The van der Waals surface area contributed by atoms with Gasteiger partial charge < -0.3 is 15.6 Å². The van der Waals surface area contributed by atoms with Crippen LogP contribution in [-0.4, -0.2) is 41.4 Å². The number of benzene rings is 1. The van der Waals surface area contributed by atoms with Gasteiger partial charge >= 0.3 is 0 Å². The number of phenols is 1. The van der Waals surface area contributed by atoms with Gasteiger partial charge in [-0.05, 0) is 51.5 Å². The van der Waals surface area contributed by atoms with Gasteiger partial charge in [-0.25, -0.2) is 0 Å². The van der Waals surface area contributed by atoms with Crippen LogP contribution in [0.25, 0.3) is 6.08 Å². The monoisotopic (exact) mass is 372 g/mol. The van der Waals surface area contributed by atoms with Crippen molar-refractivity contribution in [1.29, 1.82) is 0 Å². The first-order valence-corrected chi connectivity index (χ1v) is 7.60. The van der Waals surface area contributed by atoms with Crippen LogP contribution in [0.5, 0.6) is 11.5 Å². The Bertz CT molecular complexity index is 633. The summed E-state index contributed by atoms with van der Waals surface area (Å²) in [7, 11) is 1.43. The van der Waals surface area contributed by atoms with Crippen LogP contribution in [0.2, 0.25) is 0 Å². The molecular weight excluding hydrogens is 360 g/mol. The van der Waals surface area contributed by atoms with Crippen LogP contribution < -0.4 is 10.5 Å². The van der Waals surface area contributed by atoms with Crippen LogP contribution >= 0.6 is 27.7 Å². The van der Waals surface area contributed by atoms with E-state index in [1.807, 2.05) is 0 Å². The van der Waals surface area contributed by atoms with E-state index in [0.717, 1.165) is 16.7 Å². The Labute approximate surface area is 134 Å². The SMILES string of the molecule is COc1cc(/C=C2\SC(=O)N(CCN)C2=O)cc(Br)c1O. The summed E-state index contributed by atoms with van der Waals surface area (Å²) in [6.07, 6.45) is 1.58. The molecule has 2 rings (SSSR count). The molecule has 0 saturated carbocycles. The van der Waals surface area contributed by atoms with Crippen LogP contribution in [0.1, 0.15) is 5.56 Å². The van der Waals surface area contributed by atoms with E-state index >= 15 is 0 Å². The predicted molar refractivity (Wildman–Crippen MR) is 84.1 cm³/mol. The van der Waals surface area contributed by atoms with Crippen molar-refractivity contribution < 1.29 is 19.4 Å². The number of amides is 2. The molecular formula is C13H13BrN2O4S. The number of methoxy groups -OCH3 is 1. The number of halogens is 1. The number of hydrogen-bond donors (Lipinski definition) is 2. The molecule has 0 bridgehead atoms. The molecule has 0 aromatic heterocycles. The number of hydrogen-bond acceptors (Lipinski definition) is 6. The molecule has 0 spiro atoms. The van der Waals surface area contributed by atoms with Gasteiger partial charge in [-0.2, -0.15) is 0 Å². The number of thioether (sulfide) groups is 1. The molecule has 6 nitrogen and oxygen atoms in total. The summed E-state index contributed by atoms with van der Waals surface area (Å²) < 4.78 is 5.48. The lowest BCUT2D eigenvalue weighted by molar-refractivity contribution is -0.122. The minimum atomic E-state index is -0.362. The molecule has 1 saturated heterocycles. The van der Waals surface area contributed by atoms with Crippen molar-refractivity contribution in [2.24, 2.45) is 5.73 Å². The van der Waals surface area contributed by atoms with E-state index in [-0.39, 0.29) is 35.7 Å². The lowest BCUT2D eigenvalue weighted by atomic mass is 10.2. The Morgan fingerprint density at radius 3 is 2.81 bits per heavy atom. The third kappa shape index (κ3) is 3.22. The fraction of sp³-hybridized carbons (Fsp3) is 0.231. The maximum atomic E-state index is 12.1. The molecule has 2 amide bonds. The minimum Gasteiger partial charge on any atom is -0.503 e. The summed E-state index contributed by atoms with van der Waals surface area (Å²) in [5, 5.41) is 9.42. The number of carbonyl (C=O) groups is 2. The Kier molecular flexibility index (Phi) is 4.92. The molecule has 3 N–H and O–H groups in total. The van der Waals surface area contributed by atoms with Crippen molar-refractivity contribution in [1.82, 2.24) is 4.90 Å². The van der Waals surface area contributed by atoms with Gasteiger partial charge in [0, 0.05) is 13.1 Å². The molecule has 8 heteroatoms. The normalized spacial score (nSPS) is 16.9. The number of phenolic OH excluding ortho intramolecular Hbond substituents is 1. The number of nitrogens with zero attached hydrogens (tertiary/aromatic N) is 1. The van der Waals surface area contributed by atoms with Crippen molar-refractivity contribution in [3.8, 4) is 11.5 Å². The third-order valence-electron chi connectivity index (χ3n) is 2.79. The number of aromatic hydroxyl groups is 1. The molecule has 0 aliphatic carbocycles. The number of imide groups is 1. The highest BCUT2D eigenvalue weighted by Gasteiger charge is 2.34. The first-order chi connectivity index (χ1) is 9.97. The zero-order valence-electron chi connectivity index (χ0n) is 11.1. The third-order valence-corrected chi connectivity index (χ3v) is 4.31. The predicted octanol–water partition coefficient (Wildman–Crippen LogP) is 2.16. The van der Waals surface area contributed by atoms with Crippen LogP contribution in [0, 0.1) is 0 Å². The molecule has 0 radical (unpaired) electrons. The standard InChI is InChI=1S/C13H13BrN2O4S/c1-20-9-5-7(4-8(14)11(9)17)6-10-12(18)16(3-2-15)13(19)21-10/h4-6,17H,2-3,15H2,1H3/b10-6-. The number of rotatable bonds is 4. The van der Waals surface area contributed by atoms with Gasteiger partial charge in [-0.15, -0.1) is 0 Å². The van der Waals surface area contributed by atoms with Gasteiger partial charge in [0.25, 0.3) is 11.1 Å². The molecule has 0 atom stereocenters. The highest BCUT2D eigenvalue weighted by molar-refractivity contribution is 9.10. The van der Waals surface area contributed by atoms with Gasteiger partial charge in [0.2, 0.25) is 0 Å². The zero-order valence-corrected chi connectivity index (χ0v) is 13.5. The summed E-state index contributed by atoms with van der Waals surface area (Å²) in [6, 6.07) is 3.21. The maximum absolute atomic E-state index is 12.1. The van der Waals surface area contributed by atoms with Crippen molar-refractivity contribution >= 4 is 44.9 Å². The molecule has 1 aliphatic rings. The van der Waals surface area contributed by atoms with E-state index in [2.05, 4.69) is 15.9 Å². The zero-order chi connectivity index (χ0) is 15.6. The minimum absolute atomic E-state index is 0.0223. The van der Waals surface area contributed by atoms with E-state index in [0.29, 0.717) is 14.9 Å². The van der Waals surface area contributed by atoms with Crippen LogP contribution in [0.4, 0.5) is 4.79 Å². The largest absolute Gasteiger partial charge is 0.503 e. The molecule has 1 heterocycles. The number of nitrogens with two attached hydrogens (primary N) is 1. The molecule has 1 fully saturated rings. The van der Waals surface area contributed by atoms with Gasteiger partial charge in [-0.1, -0.05) is 0 Å². The molecule has 1 aliphatic heterocycles. The van der Waals surface area contributed by atoms with Crippen LogP contribution in [0.15, 0.2) is 21.5 Å². The van der Waals surface area contributed by atoms with Crippen molar-refractivity contribution in [3.63, 3.8) is 0 Å². The Morgan fingerprint density at radius 1 is 1.48 bits per heavy atom. The average molecular weight is 373 g/mol. The fourth-order valence-corrected chi connectivity index (χ4v) is 3.13. The second-order valence-electron chi connectivity index (χ2n) is 4.18. The quantitative estimate of drug-likeness (QED) is 0.786. The lowest BCUT2D eigenvalue weighted by Gasteiger charge is -2.09. The smallest absolute Gasteiger partial charge is 0.293 e. The first kappa shape index (κ1) is 15.9. The summed E-state index contributed by atoms with van der Waals surface area (Å²) in [5.41, 5.74) is 6.01. The Morgan fingerprint density at radius 2 is 2.19 bits per heavy atom. The first-order valence-electron chi connectivity index (χ1n) is 6.00. The second kappa shape index (κ2) is 6.50. The van der Waals surface area contributed by atoms with Crippen molar-refractivity contribution in [3.05, 3.63) is 27.1 Å². The maximum Gasteiger partial charge on any atom is 0.293 e. The molecule has 1 aromatic carbocycles. The second-order valence-corrected chi connectivity index (χ2v) is 6.02. The Balaban J connectivity index is 2.35. The van der Waals surface area contributed by atoms with Gasteiger partial charge in [0.1, 0.15) is 0 Å². The highest BCUT2D eigenvalue weighted by Crippen LogP contribution is 2.37. The summed E-state index contributed by atoms with van der Waals surface area (Å²) >= 11 is 4.07. The summed E-state index contributed by atoms with van der Waals surface area (Å²) in [5.74, 6) is -0.110. The number of ether oxygens (including phenoxy) is 1. The van der Waals surface area contributed by atoms with Crippen molar-refractivity contribution in [2.75, 3.05) is 20.2 Å². The van der Waals surface area contributed by atoms with Crippen LogP contribution in [0.3, 0.4) is 0 Å². The van der Waals surface area contributed by atoms with Crippen LogP contribution in [-0.2, 0) is 4.79 Å². The lowest BCUT2D eigenvalue weighted by Crippen LogP contribution is -2.33. The summed E-state index contributed by atoms with van der Waals surface area (Å²) in [4.78, 5) is 25.2. The molecule has 0 unspecified atom stereocenters. The fourth-order valence-electron chi connectivity index (χ4n) is 1.81. The van der Waals surface area contributed by atoms with E-state index in [4.69, 9.17) is 10.5 Å². The molecule has 1 aromatic rings. The van der Waals surface area contributed by atoms with Gasteiger partial charge in [-0.3, -0.25) is 14.5 Å². The van der Waals surface area contributed by atoms with E-state index in [1.165, 1.54) is 7.11 Å². The van der Waals surface area contributed by atoms with Gasteiger partial charge in [0.15, 0.2) is 11.5 Å². The van der Waals surface area contributed by atoms with E-state index in [9.17, 15) is 14.7 Å². The average Bonchev–Trinajstić information content (AvgIpc) is 2.70. The van der Waals surface area contributed by atoms with E-state index in [1.54, 1.807) is 18.2 Å². The van der Waals surface area contributed by atoms with E-state index < -0.39 is 0 Å². The molecule has 21 heavy (non-hydrogen) atoms. The molecule has 112 valence electrons. The van der Waals surface area contributed by atoms with Crippen molar-refractivity contribution in [2.45, 2.75) is 0 Å². The van der Waals surface area contributed by atoms with Gasteiger partial charge in [0.05, 0.1) is 16.5 Å².